The van der Waals surface area contributed by atoms with E-state index in [1.54, 1.807) is 29.3 Å². The zero-order valence-corrected chi connectivity index (χ0v) is 21.6. The monoisotopic (exact) mass is 537 g/mol. The quantitative estimate of drug-likeness (QED) is 0.367. The molecule has 2 aromatic carbocycles. The fourth-order valence-corrected chi connectivity index (χ4v) is 5.15. The largest absolute Gasteiger partial charge is 0.496 e. The van der Waals surface area contributed by atoms with Gasteiger partial charge in [0.2, 0.25) is 5.91 Å². The Morgan fingerprint density at radius 2 is 1.84 bits per heavy atom. The zero-order chi connectivity index (χ0) is 27.0. The van der Waals surface area contributed by atoms with Crippen LogP contribution < -0.4 is 9.47 Å². The minimum Gasteiger partial charge on any atom is -0.496 e. The van der Waals surface area contributed by atoms with E-state index in [-0.39, 0.29) is 34.4 Å². The van der Waals surface area contributed by atoms with Gasteiger partial charge in [-0.15, -0.1) is 0 Å². The molecule has 1 amide bonds. The van der Waals surface area contributed by atoms with Crippen LogP contribution in [0, 0.1) is 5.82 Å². The Labute approximate surface area is 223 Å². The van der Waals surface area contributed by atoms with Crippen molar-refractivity contribution in [2.75, 3.05) is 20.8 Å². The molecule has 2 aromatic heterocycles. The van der Waals surface area contributed by atoms with Gasteiger partial charge >= 0.3 is 5.97 Å². The predicted molar refractivity (Wildman–Crippen MR) is 140 cm³/mol. The van der Waals surface area contributed by atoms with Crippen molar-refractivity contribution in [3.63, 3.8) is 0 Å². The third-order valence-electron chi connectivity index (χ3n) is 6.83. The van der Waals surface area contributed by atoms with Gasteiger partial charge in [-0.2, -0.15) is 0 Å². The van der Waals surface area contributed by atoms with Gasteiger partial charge < -0.3 is 24.0 Å². The highest BCUT2D eigenvalue weighted by Gasteiger charge is 2.28. The molecule has 5 rings (SSSR count). The number of carboxylic acid groups (broad SMARTS) is 1. The van der Waals surface area contributed by atoms with Crippen molar-refractivity contribution < 1.29 is 28.6 Å². The molecule has 38 heavy (non-hydrogen) atoms. The molecule has 0 bridgehead atoms. The van der Waals surface area contributed by atoms with E-state index < -0.39 is 11.8 Å². The molecule has 1 N–H and O–H groups in total. The highest BCUT2D eigenvalue weighted by Crippen LogP contribution is 2.33. The number of halogens is 2. The van der Waals surface area contributed by atoms with Gasteiger partial charge in [-0.25, -0.2) is 14.2 Å². The van der Waals surface area contributed by atoms with Crippen LogP contribution >= 0.6 is 11.6 Å². The molecular weight excluding hydrogens is 513 g/mol. The number of amides is 1. The van der Waals surface area contributed by atoms with Gasteiger partial charge in [0.15, 0.2) is 0 Å². The first-order chi connectivity index (χ1) is 18.3. The molecule has 1 aliphatic heterocycles. The molecule has 0 saturated carbocycles. The predicted octanol–water partition coefficient (Wildman–Crippen LogP) is 4.72. The highest BCUT2D eigenvalue weighted by atomic mass is 35.5. The van der Waals surface area contributed by atoms with Crippen molar-refractivity contribution in [1.82, 2.24) is 14.5 Å². The first-order valence-electron chi connectivity index (χ1n) is 12.0. The number of fused-ring (bicyclic) bond motifs is 3. The Balaban J connectivity index is 1.45. The second kappa shape index (κ2) is 10.3. The number of aromatic nitrogens is 2. The van der Waals surface area contributed by atoms with Gasteiger partial charge in [-0.05, 0) is 59.5 Å². The van der Waals surface area contributed by atoms with E-state index in [1.807, 2.05) is 16.7 Å². The molecule has 0 fully saturated rings. The third-order valence-corrected chi connectivity index (χ3v) is 7.13. The number of aromatic carboxylic acids is 1. The first kappa shape index (κ1) is 25.5. The third kappa shape index (κ3) is 4.65. The highest BCUT2D eigenvalue weighted by molar-refractivity contribution is 6.30. The number of rotatable bonds is 7. The number of carbonyl (C=O) groups is 2. The summed E-state index contributed by atoms with van der Waals surface area (Å²) in [5.74, 6) is -1.53. The summed E-state index contributed by atoms with van der Waals surface area (Å²) in [4.78, 5) is 31.4. The summed E-state index contributed by atoms with van der Waals surface area (Å²) in [6.07, 6.45) is 2.41. The van der Waals surface area contributed by atoms with Crippen LogP contribution in [0.3, 0.4) is 0 Å². The van der Waals surface area contributed by atoms with E-state index in [4.69, 9.17) is 21.1 Å². The second-order valence-electron chi connectivity index (χ2n) is 9.06. The summed E-state index contributed by atoms with van der Waals surface area (Å²) in [6, 6.07) is 11.7. The summed E-state index contributed by atoms with van der Waals surface area (Å²) in [5.41, 5.74) is 4.08. The zero-order valence-electron chi connectivity index (χ0n) is 20.8. The SMILES string of the molecule is COc1cc(CC(=O)N2CCc3c(n(Cc4ccc(Cl)c(F)c4)c4ncccc34)C2)cc(OC)c1C(=O)O. The summed E-state index contributed by atoms with van der Waals surface area (Å²) in [7, 11) is 2.75. The van der Waals surface area contributed by atoms with Crippen LogP contribution in [0.25, 0.3) is 11.0 Å². The summed E-state index contributed by atoms with van der Waals surface area (Å²) < 4.78 is 26.7. The maximum atomic E-state index is 14.2. The molecule has 0 radical (unpaired) electrons. The second-order valence-corrected chi connectivity index (χ2v) is 9.46. The van der Waals surface area contributed by atoms with Crippen molar-refractivity contribution in [2.24, 2.45) is 0 Å². The molecule has 196 valence electrons. The minimum absolute atomic E-state index is 0.0445. The fourth-order valence-electron chi connectivity index (χ4n) is 5.03. The molecule has 10 heteroatoms. The van der Waals surface area contributed by atoms with E-state index in [1.165, 1.54) is 26.4 Å². The first-order valence-corrected chi connectivity index (χ1v) is 12.3. The lowest BCUT2D eigenvalue weighted by Crippen LogP contribution is -2.37. The number of nitrogens with zero attached hydrogens (tertiary/aromatic N) is 3. The van der Waals surface area contributed by atoms with Crippen LogP contribution in [0.15, 0.2) is 48.7 Å². The van der Waals surface area contributed by atoms with E-state index in [0.717, 1.165) is 27.9 Å². The number of carbonyl (C=O) groups excluding carboxylic acids is 1. The topological polar surface area (TPSA) is 93.9 Å². The lowest BCUT2D eigenvalue weighted by molar-refractivity contribution is -0.131. The average molecular weight is 538 g/mol. The van der Waals surface area contributed by atoms with Gasteiger partial charge in [0, 0.05) is 30.4 Å². The maximum Gasteiger partial charge on any atom is 0.343 e. The molecule has 1 aliphatic rings. The number of benzene rings is 2. The lowest BCUT2D eigenvalue weighted by atomic mass is 10.0. The summed E-state index contributed by atoms with van der Waals surface area (Å²) >= 11 is 5.87. The van der Waals surface area contributed by atoms with Crippen molar-refractivity contribution in [3.8, 4) is 11.5 Å². The van der Waals surface area contributed by atoms with E-state index in [9.17, 15) is 19.1 Å². The maximum absolute atomic E-state index is 14.2. The van der Waals surface area contributed by atoms with Crippen LogP contribution in [-0.2, 0) is 30.7 Å². The Morgan fingerprint density at radius 1 is 1.11 bits per heavy atom. The van der Waals surface area contributed by atoms with E-state index in [2.05, 4.69) is 4.98 Å². The standard InChI is InChI=1S/C28H25ClFN3O5/c1-37-23-11-17(12-24(38-2)26(23)28(35)36)13-25(34)32-9-7-18-19-4-3-8-31-27(19)33(22(18)15-32)14-16-5-6-20(29)21(30)10-16/h3-6,8,10-12H,7,9,13-15H2,1-2H3,(H,35,36). The molecule has 0 spiro atoms. The van der Waals surface area contributed by atoms with Crippen molar-refractivity contribution >= 4 is 34.5 Å². The van der Waals surface area contributed by atoms with E-state index in [0.29, 0.717) is 31.6 Å². The Bertz CT molecular complexity index is 1540. The van der Waals surface area contributed by atoms with Crippen LogP contribution in [0.1, 0.15) is 32.7 Å². The molecular formula is C28H25ClFN3O5. The van der Waals surface area contributed by atoms with Crippen LogP contribution in [0.5, 0.6) is 11.5 Å². The van der Waals surface area contributed by atoms with Crippen molar-refractivity contribution in [2.45, 2.75) is 25.9 Å². The van der Waals surface area contributed by atoms with Gasteiger partial charge in [-0.3, -0.25) is 4.79 Å². The van der Waals surface area contributed by atoms with Crippen molar-refractivity contribution in [3.05, 3.63) is 87.4 Å². The lowest BCUT2D eigenvalue weighted by Gasteiger charge is -2.29. The summed E-state index contributed by atoms with van der Waals surface area (Å²) in [6.45, 7) is 1.27. The number of ether oxygens (including phenoxy) is 2. The molecule has 8 nitrogen and oxygen atoms in total. The van der Waals surface area contributed by atoms with Gasteiger partial charge in [0.1, 0.15) is 28.5 Å². The molecule has 0 saturated heterocycles. The van der Waals surface area contributed by atoms with Crippen LogP contribution in [0.2, 0.25) is 5.02 Å². The van der Waals surface area contributed by atoms with Gasteiger partial charge in [0.25, 0.3) is 0 Å². The Hall–Kier alpha value is -4.11. The normalized spacial score (nSPS) is 12.9. The minimum atomic E-state index is -1.18. The molecule has 3 heterocycles. The molecule has 0 atom stereocenters. The molecule has 4 aromatic rings. The number of hydrogen-bond acceptors (Lipinski definition) is 5. The summed E-state index contributed by atoms with van der Waals surface area (Å²) in [5, 5.41) is 10.6. The molecule has 0 aliphatic carbocycles. The number of hydrogen-bond donors (Lipinski definition) is 1. The molecule has 0 unspecified atom stereocenters. The van der Waals surface area contributed by atoms with Crippen molar-refractivity contribution in [1.29, 1.82) is 0 Å². The fraction of sp³-hybridized carbons (Fsp3) is 0.250. The smallest absolute Gasteiger partial charge is 0.343 e. The Morgan fingerprint density at radius 3 is 2.50 bits per heavy atom. The number of methoxy groups -OCH3 is 2. The number of carboxylic acids is 1. The van der Waals surface area contributed by atoms with Crippen LogP contribution in [-0.4, -0.2) is 52.2 Å². The van der Waals surface area contributed by atoms with Gasteiger partial charge in [-0.1, -0.05) is 17.7 Å². The van der Waals surface area contributed by atoms with Gasteiger partial charge in [0.05, 0.1) is 32.2 Å². The van der Waals surface area contributed by atoms with Crippen LogP contribution in [0.4, 0.5) is 4.39 Å². The van der Waals surface area contributed by atoms with E-state index >= 15 is 0 Å². The average Bonchev–Trinajstić information content (AvgIpc) is 3.22. The number of pyridine rings is 1. The Kier molecular flexibility index (Phi) is 6.94.